The predicted octanol–water partition coefficient (Wildman–Crippen LogP) is 1.65. The lowest BCUT2D eigenvalue weighted by Gasteiger charge is -2.30. The van der Waals surface area contributed by atoms with Gasteiger partial charge in [-0.05, 0) is 52.6 Å². The van der Waals surface area contributed by atoms with Crippen LogP contribution in [-0.2, 0) is 0 Å². The Balaban J connectivity index is 2.18. The first-order valence-electron chi connectivity index (χ1n) is 7.66. The molecule has 0 aliphatic carbocycles. The molecule has 5 heteroatoms. The van der Waals surface area contributed by atoms with Crippen molar-refractivity contribution >= 4 is 5.82 Å². The molecule has 0 bridgehead atoms. The van der Waals surface area contributed by atoms with Crippen LogP contribution in [0.4, 0.5) is 5.82 Å². The second-order valence-electron chi connectivity index (χ2n) is 5.81. The number of nitrogens with one attached hydrogen (secondary N) is 1. The quantitative estimate of drug-likeness (QED) is 0.890. The van der Waals surface area contributed by atoms with Gasteiger partial charge in [-0.1, -0.05) is 0 Å². The van der Waals surface area contributed by atoms with Gasteiger partial charge in [-0.25, -0.2) is 4.98 Å². The number of nitrogens with zero attached hydrogens (tertiary/aromatic N) is 3. The molecule has 1 aromatic heterocycles. The fourth-order valence-corrected chi connectivity index (χ4v) is 2.79. The van der Waals surface area contributed by atoms with E-state index < -0.39 is 0 Å². The van der Waals surface area contributed by atoms with Gasteiger partial charge in [0.2, 0.25) is 0 Å². The third kappa shape index (κ3) is 3.39. The van der Waals surface area contributed by atoms with Crippen LogP contribution in [0, 0.1) is 5.92 Å². The number of piperidine rings is 1. The number of hydrogen-bond acceptors (Lipinski definition) is 4. The van der Waals surface area contributed by atoms with Gasteiger partial charge < -0.3 is 14.8 Å². The normalized spacial score (nSPS) is 19.3. The number of anilines is 1. The van der Waals surface area contributed by atoms with E-state index in [1.54, 1.807) is 17.0 Å². The van der Waals surface area contributed by atoms with E-state index in [0.29, 0.717) is 11.7 Å². The molecule has 1 N–H and O–H groups in total. The SMILES string of the molecule is CCN(CC1CCCNC1)c1nccn(C(C)C)c1=O. The zero-order chi connectivity index (χ0) is 14.5. The molecule has 1 aromatic rings. The van der Waals surface area contributed by atoms with Gasteiger partial charge in [0.15, 0.2) is 5.82 Å². The first kappa shape index (κ1) is 15.0. The van der Waals surface area contributed by atoms with Crippen molar-refractivity contribution in [1.29, 1.82) is 0 Å². The van der Waals surface area contributed by atoms with E-state index in [2.05, 4.69) is 22.1 Å². The highest BCUT2D eigenvalue weighted by atomic mass is 16.1. The van der Waals surface area contributed by atoms with Crippen LogP contribution in [0.2, 0.25) is 0 Å². The van der Waals surface area contributed by atoms with Crippen molar-refractivity contribution in [1.82, 2.24) is 14.9 Å². The van der Waals surface area contributed by atoms with Crippen LogP contribution in [0.1, 0.15) is 39.7 Å². The van der Waals surface area contributed by atoms with Gasteiger partial charge in [-0.2, -0.15) is 0 Å². The summed E-state index contributed by atoms with van der Waals surface area (Å²) in [5.74, 6) is 1.20. The molecule has 0 saturated carbocycles. The fourth-order valence-electron chi connectivity index (χ4n) is 2.79. The minimum Gasteiger partial charge on any atom is -0.352 e. The molecule has 1 fully saturated rings. The maximum Gasteiger partial charge on any atom is 0.293 e. The average molecular weight is 278 g/mol. The summed E-state index contributed by atoms with van der Waals surface area (Å²) in [4.78, 5) is 18.9. The zero-order valence-corrected chi connectivity index (χ0v) is 12.8. The summed E-state index contributed by atoms with van der Waals surface area (Å²) < 4.78 is 1.75. The van der Waals surface area contributed by atoms with Crippen molar-refractivity contribution in [2.75, 3.05) is 31.1 Å². The Morgan fingerprint density at radius 3 is 2.95 bits per heavy atom. The van der Waals surface area contributed by atoms with Crippen LogP contribution in [0.5, 0.6) is 0 Å². The zero-order valence-electron chi connectivity index (χ0n) is 12.8. The van der Waals surface area contributed by atoms with Gasteiger partial charge in [0, 0.05) is 31.5 Å². The lowest BCUT2D eigenvalue weighted by atomic mass is 9.99. The van der Waals surface area contributed by atoms with Gasteiger partial charge in [-0.15, -0.1) is 0 Å². The lowest BCUT2D eigenvalue weighted by molar-refractivity contribution is 0.376. The van der Waals surface area contributed by atoms with Crippen LogP contribution in [0.3, 0.4) is 0 Å². The van der Waals surface area contributed by atoms with Crippen LogP contribution < -0.4 is 15.8 Å². The fraction of sp³-hybridized carbons (Fsp3) is 0.733. The van der Waals surface area contributed by atoms with E-state index in [1.165, 1.54) is 12.8 Å². The molecule has 0 aromatic carbocycles. The highest BCUT2D eigenvalue weighted by Gasteiger charge is 2.19. The Kier molecular flexibility index (Phi) is 5.17. The maximum absolute atomic E-state index is 12.5. The molecule has 5 nitrogen and oxygen atoms in total. The Morgan fingerprint density at radius 2 is 2.35 bits per heavy atom. The summed E-state index contributed by atoms with van der Waals surface area (Å²) in [5.41, 5.74) is 0.0214. The Bertz CT molecular complexity index is 477. The largest absolute Gasteiger partial charge is 0.352 e. The summed E-state index contributed by atoms with van der Waals surface area (Å²) in [7, 11) is 0. The topological polar surface area (TPSA) is 50.2 Å². The minimum absolute atomic E-state index is 0.0214. The van der Waals surface area contributed by atoms with E-state index in [4.69, 9.17) is 0 Å². The van der Waals surface area contributed by atoms with Gasteiger partial charge in [0.25, 0.3) is 5.56 Å². The molecule has 2 rings (SSSR count). The summed E-state index contributed by atoms with van der Waals surface area (Å²) in [6.07, 6.45) is 5.96. The summed E-state index contributed by atoms with van der Waals surface area (Å²) >= 11 is 0. The van der Waals surface area contributed by atoms with E-state index in [-0.39, 0.29) is 11.6 Å². The van der Waals surface area contributed by atoms with Gasteiger partial charge in [-0.3, -0.25) is 4.79 Å². The second kappa shape index (κ2) is 6.88. The summed E-state index contributed by atoms with van der Waals surface area (Å²) in [5, 5.41) is 3.43. The van der Waals surface area contributed by atoms with Crippen LogP contribution in [0.25, 0.3) is 0 Å². The molecule has 1 aliphatic heterocycles. The standard InChI is InChI=1S/C15H26N4O/c1-4-18(11-13-6-5-7-16-10-13)14-15(20)19(12(2)3)9-8-17-14/h8-9,12-13,16H,4-7,10-11H2,1-3H3. The van der Waals surface area contributed by atoms with E-state index in [1.807, 2.05) is 13.8 Å². The highest BCUT2D eigenvalue weighted by Crippen LogP contribution is 2.15. The van der Waals surface area contributed by atoms with Gasteiger partial charge in [0.1, 0.15) is 0 Å². The molecule has 0 radical (unpaired) electrons. The molecule has 1 aliphatic rings. The molecule has 1 saturated heterocycles. The smallest absolute Gasteiger partial charge is 0.293 e. The second-order valence-corrected chi connectivity index (χ2v) is 5.81. The van der Waals surface area contributed by atoms with Gasteiger partial charge >= 0.3 is 0 Å². The van der Waals surface area contributed by atoms with E-state index >= 15 is 0 Å². The molecule has 20 heavy (non-hydrogen) atoms. The Hall–Kier alpha value is -1.36. The Labute approximate surface area is 121 Å². The molecular weight excluding hydrogens is 252 g/mol. The Morgan fingerprint density at radius 1 is 1.55 bits per heavy atom. The maximum atomic E-state index is 12.5. The van der Waals surface area contributed by atoms with Crippen LogP contribution in [0.15, 0.2) is 17.2 Å². The molecule has 2 heterocycles. The highest BCUT2D eigenvalue weighted by molar-refractivity contribution is 5.35. The van der Waals surface area contributed by atoms with E-state index in [9.17, 15) is 4.79 Å². The molecular formula is C15H26N4O. The van der Waals surface area contributed by atoms with Crippen LogP contribution >= 0.6 is 0 Å². The third-order valence-electron chi connectivity index (χ3n) is 3.97. The first-order chi connectivity index (χ1) is 9.63. The first-order valence-corrected chi connectivity index (χ1v) is 7.66. The molecule has 112 valence electrons. The van der Waals surface area contributed by atoms with Crippen LogP contribution in [-0.4, -0.2) is 35.7 Å². The molecule has 1 atom stereocenters. The molecule has 0 amide bonds. The summed E-state index contributed by atoms with van der Waals surface area (Å²) in [6.45, 7) is 10.0. The van der Waals surface area contributed by atoms with Crippen molar-refractivity contribution in [3.05, 3.63) is 22.7 Å². The van der Waals surface area contributed by atoms with Crippen molar-refractivity contribution in [3.63, 3.8) is 0 Å². The molecule has 1 unspecified atom stereocenters. The number of rotatable bonds is 5. The summed E-state index contributed by atoms with van der Waals surface area (Å²) in [6, 6.07) is 0.166. The van der Waals surface area contributed by atoms with Crippen molar-refractivity contribution in [2.45, 2.75) is 39.7 Å². The number of aromatic nitrogens is 2. The van der Waals surface area contributed by atoms with Crippen molar-refractivity contribution in [2.24, 2.45) is 5.92 Å². The lowest BCUT2D eigenvalue weighted by Crippen LogP contribution is -2.41. The third-order valence-corrected chi connectivity index (χ3v) is 3.97. The van der Waals surface area contributed by atoms with Crippen molar-refractivity contribution < 1.29 is 0 Å². The van der Waals surface area contributed by atoms with Crippen molar-refractivity contribution in [3.8, 4) is 0 Å². The average Bonchev–Trinajstić information content (AvgIpc) is 2.46. The predicted molar refractivity (Wildman–Crippen MR) is 82.4 cm³/mol. The minimum atomic E-state index is 0.0214. The number of hydrogen-bond donors (Lipinski definition) is 1. The van der Waals surface area contributed by atoms with E-state index in [0.717, 1.165) is 26.2 Å². The van der Waals surface area contributed by atoms with Gasteiger partial charge in [0.05, 0.1) is 0 Å². The molecule has 0 spiro atoms. The monoisotopic (exact) mass is 278 g/mol.